The number of hydrogen-bond acceptors (Lipinski definition) is 4. The molecule has 0 spiro atoms. The minimum absolute atomic E-state index is 0.0961. The third-order valence-corrected chi connectivity index (χ3v) is 3.15. The lowest BCUT2D eigenvalue weighted by atomic mass is 9.92. The molecule has 1 aliphatic rings. The number of hydrogen-bond donors (Lipinski definition) is 3. The number of H-pyrrole nitrogens is 1. The minimum atomic E-state index is -0.116. The van der Waals surface area contributed by atoms with Gasteiger partial charge >= 0.3 is 0 Å². The Morgan fingerprint density at radius 3 is 2.83 bits per heavy atom. The highest BCUT2D eigenvalue weighted by Gasteiger charge is 2.18. The van der Waals surface area contributed by atoms with Gasteiger partial charge in [-0.25, -0.2) is 4.98 Å². The molecule has 0 radical (unpaired) electrons. The second-order valence-electron chi connectivity index (χ2n) is 5.92. The van der Waals surface area contributed by atoms with Gasteiger partial charge in [0.2, 0.25) is 5.95 Å². The van der Waals surface area contributed by atoms with Crippen molar-refractivity contribution in [2.75, 3.05) is 18.4 Å². The number of nitrogens with zero attached hydrogens (tertiary/aromatic N) is 1. The molecule has 0 aromatic carbocycles. The number of aromatic nitrogens is 2. The van der Waals surface area contributed by atoms with E-state index < -0.39 is 0 Å². The lowest BCUT2D eigenvalue weighted by Crippen LogP contribution is -2.39. The zero-order valence-corrected chi connectivity index (χ0v) is 11.3. The lowest BCUT2D eigenvalue weighted by molar-refractivity contribution is 0.477. The molecule has 18 heavy (non-hydrogen) atoms. The predicted octanol–water partition coefficient (Wildman–Crippen LogP) is 1.23. The first-order valence-corrected chi connectivity index (χ1v) is 6.54. The smallest absolute Gasteiger partial charge is 0.252 e. The van der Waals surface area contributed by atoms with E-state index in [1.165, 1.54) is 0 Å². The Hall–Kier alpha value is -1.36. The molecular weight excluding hydrogens is 228 g/mol. The number of piperidine rings is 1. The molecule has 100 valence electrons. The highest BCUT2D eigenvalue weighted by atomic mass is 16.1. The van der Waals surface area contributed by atoms with Crippen molar-refractivity contribution in [3.8, 4) is 0 Å². The van der Waals surface area contributed by atoms with Crippen LogP contribution in [0.25, 0.3) is 0 Å². The second kappa shape index (κ2) is 5.10. The van der Waals surface area contributed by atoms with E-state index in [9.17, 15) is 4.79 Å². The predicted molar refractivity (Wildman–Crippen MR) is 73.1 cm³/mol. The maximum absolute atomic E-state index is 11.6. The summed E-state index contributed by atoms with van der Waals surface area (Å²) in [7, 11) is 0. The molecule has 0 amide bonds. The largest absolute Gasteiger partial charge is 0.352 e. The Labute approximate surface area is 107 Å². The van der Waals surface area contributed by atoms with Crippen molar-refractivity contribution in [3.05, 3.63) is 22.1 Å². The van der Waals surface area contributed by atoms with Crippen LogP contribution in [0.15, 0.2) is 10.9 Å². The third-order valence-electron chi connectivity index (χ3n) is 3.15. The van der Waals surface area contributed by atoms with Gasteiger partial charge in [0.25, 0.3) is 5.56 Å². The summed E-state index contributed by atoms with van der Waals surface area (Å²) in [4.78, 5) is 18.9. The molecule has 1 aliphatic heterocycles. The molecule has 1 fully saturated rings. The zero-order chi connectivity index (χ0) is 13.2. The maximum Gasteiger partial charge on any atom is 0.252 e. The molecule has 1 aromatic rings. The molecule has 1 unspecified atom stereocenters. The third kappa shape index (κ3) is 3.32. The van der Waals surface area contributed by atoms with Gasteiger partial charge in [0.05, 0.1) is 5.69 Å². The molecule has 5 nitrogen and oxygen atoms in total. The fourth-order valence-electron chi connectivity index (χ4n) is 2.08. The molecule has 2 heterocycles. The summed E-state index contributed by atoms with van der Waals surface area (Å²) in [6.07, 6.45) is 2.26. The van der Waals surface area contributed by atoms with Crippen LogP contribution in [0.4, 0.5) is 5.95 Å². The topological polar surface area (TPSA) is 69.8 Å². The van der Waals surface area contributed by atoms with Crippen LogP contribution < -0.4 is 16.2 Å². The van der Waals surface area contributed by atoms with E-state index in [2.05, 4.69) is 41.4 Å². The van der Waals surface area contributed by atoms with Crippen molar-refractivity contribution in [2.24, 2.45) is 0 Å². The second-order valence-corrected chi connectivity index (χ2v) is 5.92. The van der Waals surface area contributed by atoms with Gasteiger partial charge in [-0.15, -0.1) is 0 Å². The van der Waals surface area contributed by atoms with Crippen molar-refractivity contribution in [2.45, 2.75) is 45.1 Å². The van der Waals surface area contributed by atoms with E-state index in [-0.39, 0.29) is 11.0 Å². The molecule has 0 aliphatic carbocycles. The van der Waals surface area contributed by atoms with Crippen LogP contribution in [-0.2, 0) is 5.41 Å². The first kappa shape index (κ1) is 13.1. The summed E-state index contributed by atoms with van der Waals surface area (Å²) in [5.74, 6) is 0.584. The van der Waals surface area contributed by atoms with Crippen LogP contribution >= 0.6 is 0 Å². The molecule has 3 N–H and O–H groups in total. The average molecular weight is 250 g/mol. The summed E-state index contributed by atoms with van der Waals surface area (Å²) < 4.78 is 0. The Bertz CT molecular complexity index is 455. The van der Waals surface area contributed by atoms with Crippen LogP contribution in [0.1, 0.15) is 39.3 Å². The monoisotopic (exact) mass is 250 g/mol. The van der Waals surface area contributed by atoms with Crippen LogP contribution in [0, 0.1) is 0 Å². The van der Waals surface area contributed by atoms with Crippen LogP contribution in [0.3, 0.4) is 0 Å². The number of nitrogens with one attached hydrogen (secondary N) is 3. The van der Waals surface area contributed by atoms with Gasteiger partial charge in [0.1, 0.15) is 0 Å². The summed E-state index contributed by atoms with van der Waals surface area (Å²) >= 11 is 0. The maximum atomic E-state index is 11.6. The fourth-order valence-corrected chi connectivity index (χ4v) is 2.08. The fraction of sp³-hybridized carbons (Fsp3) is 0.692. The Morgan fingerprint density at radius 2 is 2.22 bits per heavy atom. The minimum Gasteiger partial charge on any atom is -0.352 e. The van der Waals surface area contributed by atoms with E-state index >= 15 is 0 Å². The van der Waals surface area contributed by atoms with Gasteiger partial charge in [0, 0.05) is 24.1 Å². The summed E-state index contributed by atoms with van der Waals surface area (Å²) in [6, 6.07) is 1.92. The Morgan fingerprint density at radius 1 is 1.44 bits per heavy atom. The number of rotatable bonds is 2. The lowest BCUT2D eigenvalue weighted by Gasteiger charge is -2.25. The van der Waals surface area contributed by atoms with Crippen molar-refractivity contribution in [3.63, 3.8) is 0 Å². The molecule has 2 rings (SSSR count). The standard InChI is InChI=1S/C13H22N4O/c1-13(2,3)10-7-11(18)17-12(16-10)15-9-5-4-6-14-8-9/h7,9,14H,4-6,8H2,1-3H3,(H2,15,16,17,18). The summed E-state index contributed by atoms with van der Waals surface area (Å²) in [6.45, 7) is 8.16. The molecule has 0 saturated carbocycles. The van der Waals surface area contributed by atoms with Gasteiger partial charge in [-0.2, -0.15) is 0 Å². The molecule has 1 saturated heterocycles. The van der Waals surface area contributed by atoms with E-state index in [1.807, 2.05) is 0 Å². The van der Waals surface area contributed by atoms with Gasteiger partial charge in [-0.1, -0.05) is 20.8 Å². The molecular formula is C13H22N4O. The SMILES string of the molecule is CC(C)(C)c1cc(=O)[nH]c(NC2CCCNC2)n1. The Balaban J connectivity index is 2.17. The first-order chi connectivity index (χ1) is 8.45. The first-order valence-electron chi connectivity index (χ1n) is 6.54. The van der Waals surface area contributed by atoms with Crippen molar-refractivity contribution in [1.82, 2.24) is 15.3 Å². The van der Waals surface area contributed by atoms with Crippen molar-refractivity contribution >= 4 is 5.95 Å². The van der Waals surface area contributed by atoms with Gasteiger partial charge in [0.15, 0.2) is 0 Å². The van der Waals surface area contributed by atoms with Crippen LogP contribution in [0.2, 0.25) is 0 Å². The molecule has 1 atom stereocenters. The number of aromatic amines is 1. The van der Waals surface area contributed by atoms with E-state index in [0.717, 1.165) is 31.6 Å². The van der Waals surface area contributed by atoms with Gasteiger partial charge in [-0.3, -0.25) is 9.78 Å². The Kier molecular flexibility index (Phi) is 3.71. The highest BCUT2D eigenvalue weighted by Crippen LogP contribution is 2.19. The number of anilines is 1. The zero-order valence-electron chi connectivity index (χ0n) is 11.3. The summed E-state index contributed by atoms with van der Waals surface area (Å²) in [5.41, 5.74) is 0.605. The quantitative estimate of drug-likeness (QED) is 0.738. The summed E-state index contributed by atoms with van der Waals surface area (Å²) in [5, 5.41) is 6.64. The van der Waals surface area contributed by atoms with E-state index in [1.54, 1.807) is 6.07 Å². The molecule has 1 aromatic heterocycles. The van der Waals surface area contributed by atoms with E-state index in [0.29, 0.717) is 12.0 Å². The van der Waals surface area contributed by atoms with Gasteiger partial charge < -0.3 is 10.6 Å². The van der Waals surface area contributed by atoms with E-state index in [4.69, 9.17) is 0 Å². The van der Waals surface area contributed by atoms with Crippen LogP contribution in [-0.4, -0.2) is 29.1 Å². The highest BCUT2D eigenvalue weighted by molar-refractivity contribution is 5.29. The molecule has 0 bridgehead atoms. The van der Waals surface area contributed by atoms with Gasteiger partial charge in [-0.05, 0) is 19.4 Å². The normalized spacial score (nSPS) is 20.7. The van der Waals surface area contributed by atoms with Crippen molar-refractivity contribution in [1.29, 1.82) is 0 Å². The molecule has 5 heteroatoms. The average Bonchev–Trinajstić information content (AvgIpc) is 2.28. The van der Waals surface area contributed by atoms with Crippen LogP contribution in [0.5, 0.6) is 0 Å². The van der Waals surface area contributed by atoms with Crippen molar-refractivity contribution < 1.29 is 0 Å².